The normalized spacial score (nSPS) is 15.1. The third kappa shape index (κ3) is 3.27. The number of hydrogen-bond acceptors (Lipinski definition) is 4. The van der Waals surface area contributed by atoms with Gasteiger partial charge in [-0.3, -0.25) is 4.99 Å². The maximum Gasteiger partial charge on any atom is 0.193 e. The van der Waals surface area contributed by atoms with Crippen LogP contribution in [0.4, 0.5) is 5.69 Å². The van der Waals surface area contributed by atoms with Crippen molar-refractivity contribution in [3.8, 4) is 11.5 Å². The van der Waals surface area contributed by atoms with Crippen LogP contribution in [0.1, 0.15) is 6.42 Å². The summed E-state index contributed by atoms with van der Waals surface area (Å²) in [4.78, 5) is 3.93. The molecule has 0 aliphatic carbocycles. The van der Waals surface area contributed by atoms with Crippen molar-refractivity contribution in [1.82, 2.24) is 0 Å². The van der Waals surface area contributed by atoms with Crippen LogP contribution in [0.15, 0.2) is 23.2 Å². The number of nitrogens with two attached hydrogens (primary N) is 1. The second-order valence-electron chi connectivity index (χ2n) is 3.83. The largest absolute Gasteiger partial charge is 0.490 e. The second-order valence-corrected chi connectivity index (χ2v) is 3.83. The summed E-state index contributed by atoms with van der Waals surface area (Å²) >= 11 is 0. The highest BCUT2D eigenvalue weighted by molar-refractivity contribution is 5.92. The molecule has 6 heteroatoms. The lowest BCUT2D eigenvalue weighted by atomic mass is 10.3. The van der Waals surface area contributed by atoms with Crippen LogP contribution in [-0.4, -0.2) is 37.4 Å². The highest BCUT2D eigenvalue weighted by atomic mass is 16.5. The number of guanidine groups is 1. The number of rotatable bonds is 3. The van der Waals surface area contributed by atoms with E-state index in [9.17, 15) is 0 Å². The van der Waals surface area contributed by atoms with Crippen molar-refractivity contribution in [2.75, 3.05) is 31.7 Å². The first-order valence-electron chi connectivity index (χ1n) is 5.87. The minimum atomic E-state index is -0.0243. The van der Waals surface area contributed by atoms with Gasteiger partial charge >= 0.3 is 0 Å². The van der Waals surface area contributed by atoms with Crippen LogP contribution in [-0.2, 0) is 0 Å². The standard InChI is InChI=1S/C12H17N3O3/c13-12(14-4-5-16)15-9-2-3-10-11(8-9)18-7-1-6-17-10/h2-3,8,16H,1,4-7H2,(H3,13,14,15). The molecule has 0 amide bonds. The molecule has 98 valence electrons. The van der Waals surface area contributed by atoms with E-state index in [1.807, 2.05) is 18.2 Å². The van der Waals surface area contributed by atoms with Crippen LogP contribution in [0.25, 0.3) is 0 Å². The van der Waals surface area contributed by atoms with Crippen molar-refractivity contribution in [2.45, 2.75) is 6.42 Å². The first-order chi connectivity index (χ1) is 8.79. The van der Waals surface area contributed by atoms with Crippen molar-refractivity contribution in [3.63, 3.8) is 0 Å². The highest BCUT2D eigenvalue weighted by Gasteiger charge is 2.10. The third-order valence-electron chi connectivity index (χ3n) is 2.40. The fourth-order valence-electron chi connectivity index (χ4n) is 1.60. The summed E-state index contributed by atoms with van der Waals surface area (Å²) in [5, 5.41) is 11.6. The molecule has 0 unspecified atom stereocenters. The van der Waals surface area contributed by atoms with Gasteiger partial charge in [0.25, 0.3) is 0 Å². The van der Waals surface area contributed by atoms with Gasteiger partial charge in [-0.2, -0.15) is 0 Å². The Morgan fingerprint density at radius 3 is 2.89 bits per heavy atom. The Bertz CT molecular complexity index is 435. The average molecular weight is 251 g/mol. The number of anilines is 1. The molecule has 1 aliphatic heterocycles. The molecule has 0 spiro atoms. The number of ether oxygens (including phenoxy) is 2. The Hall–Kier alpha value is -1.95. The fraction of sp³-hybridized carbons (Fsp3) is 0.417. The second kappa shape index (κ2) is 6.11. The van der Waals surface area contributed by atoms with Crippen LogP contribution < -0.4 is 20.5 Å². The first-order valence-corrected chi connectivity index (χ1v) is 5.87. The van der Waals surface area contributed by atoms with Crippen molar-refractivity contribution in [1.29, 1.82) is 0 Å². The molecule has 0 bridgehead atoms. The van der Waals surface area contributed by atoms with Gasteiger partial charge < -0.3 is 25.6 Å². The van der Waals surface area contributed by atoms with E-state index in [1.165, 1.54) is 0 Å². The Kier molecular flexibility index (Phi) is 4.25. The SMILES string of the molecule is NC(=NCCO)Nc1ccc2c(c1)OCCCO2. The van der Waals surface area contributed by atoms with Crippen LogP contribution >= 0.6 is 0 Å². The highest BCUT2D eigenvalue weighted by Crippen LogP contribution is 2.32. The molecular formula is C12H17N3O3. The molecule has 1 aromatic rings. The van der Waals surface area contributed by atoms with Gasteiger partial charge in [0.1, 0.15) is 0 Å². The van der Waals surface area contributed by atoms with E-state index < -0.39 is 0 Å². The van der Waals surface area contributed by atoms with Gasteiger partial charge in [0.15, 0.2) is 17.5 Å². The maximum absolute atomic E-state index is 8.64. The molecule has 1 aromatic carbocycles. The summed E-state index contributed by atoms with van der Waals surface area (Å²) < 4.78 is 11.1. The van der Waals surface area contributed by atoms with E-state index in [4.69, 9.17) is 20.3 Å². The summed E-state index contributed by atoms with van der Waals surface area (Å²) in [6.07, 6.45) is 0.873. The number of aliphatic imine (C=N–C) groups is 1. The van der Waals surface area contributed by atoms with Gasteiger partial charge in [-0.1, -0.05) is 0 Å². The molecule has 0 fully saturated rings. The quantitative estimate of drug-likeness (QED) is 0.540. The summed E-state index contributed by atoms with van der Waals surface area (Å²) in [6.45, 7) is 1.57. The Labute approximate surface area is 105 Å². The zero-order valence-corrected chi connectivity index (χ0v) is 10.1. The van der Waals surface area contributed by atoms with Crippen LogP contribution in [0.2, 0.25) is 0 Å². The smallest absolute Gasteiger partial charge is 0.193 e. The number of nitrogens with one attached hydrogen (secondary N) is 1. The summed E-state index contributed by atoms with van der Waals surface area (Å²) in [5.41, 5.74) is 6.43. The predicted octanol–water partition coefficient (Wildman–Crippen LogP) is 0.567. The Morgan fingerprint density at radius 1 is 1.33 bits per heavy atom. The number of hydrogen-bond donors (Lipinski definition) is 3. The molecule has 18 heavy (non-hydrogen) atoms. The molecule has 6 nitrogen and oxygen atoms in total. The lowest BCUT2D eigenvalue weighted by molar-refractivity contribution is 0.297. The van der Waals surface area contributed by atoms with E-state index >= 15 is 0 Å². The molecule has 2 rings (SSSR count). The monoisotopic (exact) mass is 251 g/mol. The number of aliphatic hydroxyl groups is 1. The van der Waals surface area contributed by atoms with Gasteiger partial charge in [0.2, 0.25) is 0 Å². The minimum absolute atomic E-state index is 0.0243. The van der Waals surface area contributed by atoms with E-state index in [0.717, 1.165) is 17.9 Å². The van der Waals surface area contributed by atoms with Crippen LogP contribution in [0, 0.1) is 0 Å². The van der Waals surface area contributed by atoms with Crippen molar-refractivity contribution < 1.29 is 14.6 Å². The molecule has 0 atom stereocenters. The number of aliphatic hydroxyl groups excluding tert-OH is 1. The average Bonchev–Trinajstić information content (AvgIpc) is 2.61. The third-order valence-corrected chi connectivity index (χ3v) is 2.40. The van der Waals surface area contributed by atoms with Gasteiger partial charge in [0.05, 0.1) is 26.4 Å². The molecule has 0 saturated carbocycles. The van der Waals surface area contributed by atoms with Crippen molar-refractivity contribution >= 4 is 11.6 Å². The molecule has 0 radical (unpaired) electrons. The van der Waals surface area contributed by atoms with Crippen LogP contribution in [0.5, 0.6) is 11.5 Å². The number of fused-ring (bicyclic) bond motifs is 1. The summed E-state index contributed by atoms with van der Waals surface area (Å²) in [7, 11) is 0. The summed E-state index contributed by atoms with van der Waals surface area (Å²) in [5.74, 6) is 1.70. The maximum atomic E-state index is 8.64. The van der Waals surface area contributed by atoms with Crippen LogP contribution in [0.3, 0.4) is 0 Å². The molecular weight excluding hydrogens is 234 g/mol. The molecule has 1 heterocycles. The number of benzene rings is 1. The van der Waals surface area contributed by atoms with E-state index in [-0.39, 0.29) is 19.1 Å². The summed E-state index contributed by atoms with van der Waals surface area (Å²) in [6, 6.07) is 5.50. The van der Waals surface area contributed by atoms with Gasteiger partial charge in [-0.25, -0.2) is 0 Å². The Morgan fingerprint density at radius 2 is 2.11 bits per heavy atom. The molecule has 1 aliphatic rings. The van der Waals surface area contributed by atoms with Crippen molar-refractivity contribution in [2.24, 2.45) is 10.7 Å². The van der Waals surface area contributed by atoms with Crippen molar-refractivity contribution in [3.05, 3.63) is 18.2 Å². The molecule has 4 N–H and O–H groups in total. The zero-order valence-electron chi connectivity index (χ0n) is 10.1. The van der Waals surface area contributed by atoms with Gasteiger partial charge in [0, 0.05) is 18.2 Å². The number of nitrogens with zero attached hydrogens (tertiary/aromatic N) is 1. The van der Waals surface area contributed by atoms with Gasteiger partial charge in [-0.05, 0) is 12.1 Å². The molecule has 0 aromatic heterocycles. The molecule has 0 saturated heterocycles. The predicted molar refractivity (Wildman–Crippen MR) is 69.2 cm³/mol. The minimum Gasteiger partial charge on any atom is -0.490 e. The Balaban J connectivity index is 2.08. The van der Waals surface area contributed by atoms with Gasteiger partial charge in [-0.15, -0.1) is 0 Å². The lowest BCUT2D eigenvalue weighted by Crippen LogP contribution is -2.23. The first kappa shape index (κ1) is 12.5. The lowest BCUT2D eigenvalue weighted by Gasteiger charge is -2.10. The zero-order chi connectivity index (χ0) is 12.8. The fourth-order valence-corrected chi connectivity index (χ4v) is 1.60. The topological polar surface area (TPSA) is 89.1 Å². The van der Waals surface area contributed by atoms with E-state index in [2.05, 4.69) is 10.3 Å². The van der Waals surface area contributed by atoms with E-state index in [1.54, 1.807) is 0 Å². The van der Waals surface area contributed by atoms with E-state index in [0.29, 0.717) is 19.0 Å².